The smallest absolute Gasteiger partial charge is 0.387 e. The number of rotatable bonds is 7. The second-order valence-electron chi connectivity index (χ2n) is 4.06. The summed E-state index contributed by atoms with van der Waals surface area (Å²) >= 11 is 3.18. The quantitative estimate of drug-likeness (QED) is 0.810. The summed E-state index contributed by atoms with van der Waals surface area (Å²) in [5.74, 6) is 0.312. The lowest BCUT2D eigenvalue weighted by molar-refractivity contribution is -0.0503. The highest BCUT2D eigenvalue weighted by Gasteiger charge is 2.08. The topological polar surface area (TPSA) is 41.5 Å². The first-order valence-electron chi connectivity index (χ1n) is 5.57. The minimum atomic E-state index is -2.82. The molecular weight excluding hydrogens is 308 g/mol. The van der Waals surface area contributed by atoms with Gasteiger partial charge in [0.2, 0.25) is 0 Å². The molecule has 0 saturated heterocycles. The minimum absolute atomic E-state index is 0.123. The summed E-state index contributed by atoms with van der Waals surface area (Å²) in [6.45, 7) is 0.553. The zero-order valence-electron chi connectivity index (χ0n) is 10.00. The SMILES string of the molecule is CC(CO)CNCc1ccc(OC(F)F)c(Br)c1. The molecule has 0 fully saturated rings. The molecule has 1 rings (SSSR count). The largest absolute Gasteiger partial charge is 0.434 e. The molecule has 2 N–H and O–H groups in total. The van der Waals surface area contributed by atoms with Gasteiger partial charge in [-0.25, -0.2) is 0 Å². The Morgan fingerprint density at radius 3 is 2.72 bits per heavy atom. The summed E-state index contributed by atoms with van der Waals surface area (Å²) in [7, 11) is 0. The van der Waals surface area contributed by atoms with Crippen molar-refractivity contribution in [3.63, 3.8) is 0 Å². The van der Waals surface area contributed by atoms with Crippen LogP contribution in [0.4, 0.5) is 8.78 Å². The van der Waals surface area contributed by atoms with Crippen LogP contribution < -0.4 is 10.1 Å². The van der Waals surface area contributed by atoms with E-state index >= 15 is 0 Å². The van der Waals surface area contributed by atoms with E-state index in [0.29, 0.717) is 17.6 Å². The van der Waals surface area contributed by atoms with Gasteiger partial charge in [-0.3, -0.25) is 0 Å². The van der Waals surface area contributed by atoms with Crippen LogP contribution in [0.2, 0.25) is 0 Å². The van der Waals surface area contributed by atoms with Crippen LogP contribution in [0.1, 0.15) is 12.5 Å². The lowest BCUT2D eigenvalue weighted by Gasteiger charge is -2.11. The van der Waals surface area contributed by atoms with E-state index in [0.717, 1.165) is 5.56 Å². The molecule has 3 nitrogen and oxygen atoms in total. The molecule has 0 spiro atoms. The zero-order chi connectivity index (χ0) is 13.5. The van der Waals surface area contributed by atoms with Crippen LogP contribution in [0.3, 0.4) is 0 Å². The third-order valence-electron chi connectivity index (χ3n) is 2.35. The monoisotopic (exact) mass is 323 g/mol. The lowest BCUT2D eigenvalue weighted by atomic mass is 10.2. The van der Waals surface area contributed by atoms with Crippen molar-refractivity contribution in [2.24, 2.45) is 5.92 Å². The van der Waals surface area contributed by atoms with Crippen LogP contribution in [0, 0.1) is 5.92 Å². The molecule has 6 heteroatoms. The Morgan fingerprint density at radius 1 is 1.44 bits per heavy atom. The number of aliphatic hydroxyl groups is 1. The lowest BCUT2D eigenvalue weighted by Crippen LogP contribution is -2.22. The molecule has 0 saturated carbocycles. The predicted molar refractivity (Wildman–Crippen MR) is 68.7 cm³/mol. The first-order chi connectivity index (χ1) is 8.52. The van der Waals surface area contributed by atoms with Gasteiger partial charge in [-0.2, -0.15) is 8.78 Å². The number of nitrogens with one attached hydrogen (secondary N) is 1. The van der Waals surface area contributed by atoms with Gasteiger partial charge >= 0.3 is 6.61 Å². The molecule has 1 unspecified atom stereocenters. The van der Waals surface area contributed by atoms with E-state index in [1.54, 1.807) is 12.1 Å². The summed E-state index contributed by atoms with van der Waals surface area (Å²) in [4.78, 5) is 0. The Balaban J connectivity index is 2.51. The maximum absolute atomic E-state index is 12.1. The Kier molecular flexibility index (Phi) is 6.52. The van der Waals surface area contributed by atoms with E-state index in [1.165, 1.54) is 6.07 Å². The highest BCUT2D eigenvalue weighted by Crippen LogP contribution is 2.27. The molecule has 0 aliphatic carbocycles. The normalized spacial score (nSPS) is 12.8. The van der Waals surface area contributed by atoms with Crippen molar-refractivity contribution in [2.45, 2.75) is 20.1 Å². The number of halogens is 3. The van der Waals surface area contributed by atoms with Gasteiger partial charge in [0.25, 0.3) is 0 Å². The van der Waals surface area contributed by atoms with Gasteiger partial charge in [-0.05, 0) is 39.5 Å². The molecule has 0 heterocycles. The molecular formula is C12H16BrF2NO2. The van der Waals surface area contributed by atoms with Gasteiger partial charge in [0.15, 0.2) is 0 Å². The molecule has 0 radical (unpaired) electrons. The van der Waals surface area contributed by atoms with Crippen LogP contribution in [0.25, 0.3) is 0 Å². The van der Waals surface area contributed by atoms with Crippen molar-refractivity contribution < 1.29 is 18.6 Å². The van der Waals surface area contributed by atoms with Gasteiger partial charge in [0.05, 0.1) is 4.47 Å². The highest BCUT2D eigenvalue weighted by atomic mass is 79.9. The van der Waals surface area contributed by atoms with Gasteiger partial charge in [0.1, 0.15) is 5.75 Å². The van der Waals surface area contributed by atoms with Crippen molar-refractivity contribution in [3.8, 4) is 5.75 Å². The summed E-state index contributed by atoms with van der Waals surface area (Å²) in [5, 5.41) is 12.0. The van der Waals surface area contributed by atoms with E-state index in [4.69, 9.17) is 5.11 Å². The molecule has 0 aromatic heterocycles. The Hall–Kier alpha value is -0.720. The van der Waals surface area contributed by atoms with Crippen molar-refractivity contribution in [2.75, 3.05) is 13.2 Å². The van der Waals surface area contributed by atoms with Crippen LogP contribution >= 0.6 is 15.9 Å². The second kappa shape index (κ2) is 7.66. The Morgan fingerprint density at radius 2 is 2.17 bits per heavy atom. The number of hydrogen-bond acceptors (Lipinski definition) is 3. The zero-order valence-corrected chi connectivity index (χ0v) is 11.6. The van der Waals surface area contributed by atoms with E-state index < -0.39 is 6.61 Å². The van der Waals surface area contributed by atoms with Crippen molar-refractivity contribution in [3.05, 3.63) is 28.2 Å². The highest BCUT2D eigenvalue weighted by molar-refractivity contribution is 9.10. The van der Waals surface area contributed by atoms with Crippen molar-refractivity contribution in [1.29, 1.82) is 0 Å². The van der Waals surface area contributed by atoms with E-state index in [2.05, 4.69) is 26.0 Å². The molecule has 0 aliphatic heterocycles. The van der Waals surface area contributed by atoms with Gasteiger partial charge in [0, 0.05) is 19.7 Å². The predicted octanol–water partition coefficient (Wildman–Crippen LogP) is 2.77. The fraction of sp³-hybridized carbons (Fsp3) is 0.500. The molecule has 1 aromatic rings. The summed E-state index contributed by atoms with van der Waals surface area (Å²) in [6, 6.07) is 4.95. The Bertz CT molecular complexity index is 377. The van der Waals surface area contributed by atoms with E-state index in [1.807, 2.05) is 6.92 Å². The molecule has 0 amide bonds. The molecule has 1 aromatic carbocycles. The maximum Gasteiger partial charge on any atom is 0.387 e. The fourth-order valence-corrected chi connectivity index (χ4v) is 1.89. The maximum atomic E-state index is 12.1. The van der Waals surface area contributed by atoms with Crippen LogP contribution in [-0.4, -0.2) is 24.9 Å². The summed E-state index contributed by atoms with van der Waals surface area (Å²) in [5.41, 5.74) is 0.952. The molecule has 18 heavy (non-hydrogen) atoms. The van der Waals surface area contributed by atoms with E-state index in [9.17, 15) is 8.78 Å². The molecule has 102 valence electrons. The van der Waals surface area contributed by atoms with Crippen molar-refractivity contribution in [1.82, 2.24) is 5.32 Å². The number of hydrogen-bond donors (Lipinski definition) is 2. The number of alkyl halides is 2. The third kappa shape index (κ3) is 5.29. The number of ether oxygens (including phenoxy) is 1. The van der Waals surface area contributed by atoms with Gasteiger partial charge in [-0.1, -0.05) is 13.0 Å². The minimum Gasteiger partial charge on any atom is -0.434 e. The third-order valence-corrected chi connectivity index (χ3v) is 2.97. The van der Waals surface area contributed by atoms with Crippen LogP contribution in [0.15, 0.2) is 22.7 Å². The summed E-state index contributed by atoms with van der Waals surface area (Å²) < 4.78 is 28.9. The second-order valence-corrected chi connectivity index (χ2v) is 4.92. The van der Waals surface area contributed by atoms with Crippen LogP contribution in [0.5, 0.6) is 5.75 Å². The average molecular weight is 324 g/mol. The number of aliphatic hydroxyl groups excluding tert-OH is 1. The summed E-state index contributed by atoms with van der Waals surface area (Å²) in [6.07, 6.45) is 0. The number of benzene rings is 1. The molecule has 1 atom stereocenters. The molecule has 0 bridgehead atoms. The average Bonchev–Trinajstić information content (AvgIpc) is 2.32. The van der Waals surface area contributed by atoms with Crippen LogP contribution in [-0.2, 0) is 6.54 Å². The first-order valence-corrected chi connectivity index (χ1v) is 6.37. The van der Waals surface area contributed by atoms with Gasteiger partial charge in [-0.15, -0.1) is 0 Å². The van der Waals surface area contributed by atoms with E-state index in [-0.39, 0.29) is 18.3 Å². The fourth-order valence-electron chi connectivity index (χ4n) is 1.37. The van der Waals surface area contributed by atoms with Crippen molar-refractivity contribution >= 4 is 15.9 Å². The first kappa shape index (κ1) is 15.3. The van der Waals surface area contributed by atoms with Gasteiger partial charge < -0.3 is 15.2 Å². The standard InChI is InChI=1S/C12H16BrF2NO2/c1-8(7-17)5-16-6-9-2-3-11(10(13)4-9)18-12(14)15/h2-4,8,12,16-17H,5-7H2,1H3. The molecule has 0 aliphatic rings. The Labute approximate surface area is 113 Å².